The van der Waals surface area contributed by atoms with E-state index in [2.05, 4.69) is 4.98 Å². The quantitative estimate of drug-likeness (QED) is 0.863. The SMILES string of the molecule is [2H]C([2H])N(Cc1ccc(OC)cc1)c1[nH]ccc(=S)c1Cl. The Hall–Kier alpha value is -1.52. The molecule has 1 aromatic heterocycles. The van der Waals surface area contributed by atoms with Crippen molar-refractivity contribution in [2.75, 3.05) is 19.0 Å². The van der Waals surface area contributed by atoms with Gasteiger partial charge in [0, 0.05) is 22.5 Å². The summed E-state index contributed by atoms with van der Waals surface area (Å²) in [7, 11) is 1.61. The number of ether oxygens (including phenoxy) is 1. The van der Waals surface area contributed by atoms with Crippen molar-refractivity contribution >= 4 is 29.6 Å². The third-order valence-corrected chi connectivity index (χ3v) is 3.51. The maximum Gasteiger partial charge on any atom is 0.126 e. The summed E-state index contributed by atoms with van der Waals surface area (Å²) in [5.74, 6) is 1.24. The average molecular weight is 297 g/mol. The lowest BCUT2D eigenvalue weighted by atomic mass is 10.2. The smallest absolute Gasteiger partial charge is 0.126 e. The highest BCUT2D eigenvalue weighted by Gasteiger charge is 2.08. The highest BCUT2D eigenvalue weighted by atomic mass is 35.5. The molecule has 0 aliphatic rings. The predicted octanol–water partition coefficient (Wildman–Crippen LogP) is 4.04. The molecule has 0 aliphatic heterocycles. The first kappa shape index (κ1) is 11.3. The van der Waals surface area contributed by atoms with Gasteiger partial charge in [-0.1, -0.05) is 36.0 Å². The molecule has 0 saturated carbocycles. The lowest BCUT2D eigenvalue weighted by Gasteiger charge is -2.20. The predicted molar refractivity (Wildman–Crippen MR) is 81.7 cm³/mol. The van der Waals surface area contributed by atoms with Gasteiger partial charge in [0.05, 0.1) is 16.6 Å². The number of hydrogen-bond acceptors (Lipinski definition) is 3. The van der Waals surface area contributed by atoms with Crippen LogP contribution in [0.5, 0.6) is 5.75 Å². The summed E-state index contributed by atoms with van der Waals surface area (Å²) in [6.07, 6.45) is 1.66. The lowest BCUT2D eigenvalue weighted by molar-refractivity contribution is 0.414. The van der Waals surface area contributed by atoms with E-state index in [1.165, 1.54) is 4.90 Å². The Morgan fingerprint density at radius 2 is 2.11 bits per heavy atom. The Balaban J connectivity index is 2.31. The molecule has 0 saturated heterocycles. The number of rotatable bonds is 4. The van der Waals surface area contributed by atoms with Crippen molar-refractivity contribution < 1.29 is 7.48 Å². The maximum absolute atomic E-state index is 7.72. The van der Waals surface area contributed by atoms with Crippen LogP contribution in [0.3, 0.4) is 0 Å². The fourth-order valence-electron chi connectivity index (χ4n) is 1.67. The van der Waals surface area contributed by atoms with Crippen molar-refractivity contribution in [1.29, 1.82) is 0 Å². The standard InChI is InChI=1S/C14H15ClN2OS/c1-17(14-13(15)12(19)7-8-16-14)9-10-3-5-11(18-2)6-4-10/h3-8H,9H2,1-2H3,(H,16,19)/i1D2. The number of nitrogens with zero attached hydrogens (tertiary/aromatic N) is 1. The van der Waals surface area contributed by atoms with Crippen LogP contribution in [0.25, 0.3) is 0 Å². The summed E-state index contributed by atoms with van der Waals surface area (Å²) >= 11 is 11.3. The topological polar surface area (TPSA) is 28.3 Å². The molecule has 19 heavy (non-hydrogen) atoms. The van der Waals surface area contributed by atoms with Gasteiger partial charge in [-0.2, -0.15) is 0 Å². The molecule has 5 heteroatoms. The molecule has 0 aliphatic carbocycles. The number of halogens is 1. The Bertz CT molecular complexity index is 661. The molecule has 3 nitrogen and oxygen atoms in total. The molecule has 0 atom stereocenters. The molecule has 0 spiro atoms. The van der Waals surface area contributed by atoms with E-state index < -0.39 is 7.00 Å². The minimum atomic E-state index is -1.21. The monoisotopic (exact) mass is 296 g/mol. The van der Waals surface area contributed by atoms with Crippen LogP contribution in [-0.4, -0.2) is 19.1 Å². The van der Waals surface area contributed by atoms with E-state index in [-0.39, 0.29) is 0 Å². The molecule has 1 N–H and O–H groups in total. The summed E-state index contributed by atoms with van der Waals surface area (Å²) in [6, 6.07) is 9.13. The molecule has 100 valence electrons. The summed E-state index contributed by atoms with van der Waals surface area (Å²) in [4.78, 5) is 4.49. The molecular weight excluding hydrogens is 280 g/mol. The second-order valence-corrected chi connectivity index (χ2v) is 4.80. The number of H-pyrrole nitrogens is 1. The van der Waals surface area contributed by atoms with Gasteiger partial charge >= 0.3 is 0 Å². The molecule has 0 fully saturated rings. The Morgan fingerprint density at radius 3 is 2.74 bits per heavy atom. The molecule has 0 bridgehead atoms. The molecular formula is C14H15ClN2OS. The van der Waals surface area contributed by atoms with Crippen LogP contribution in [0.4, 0.5) is 5.82 Å². The molecule has 0 unspecified atom stereocenters. The summed E-state index contributed by atoms with van der Waals surface area (Å²) in [5.41, 5.74) is 0.944. The second kappa shape index (κ2) is 6.08. The highest BCUT2D eigenvalue weighted by Crippen LogP contribution is 2.24. The van der Waals surface area contributed by atoms with Crippen molar-refractivity contribution in [3.63, 3.8) is 0 Å². The van der Waals surface area contributed by atoms with Gasteiger partial charge in [0.25, 0.3) is 0 Å². The van der Waals surface area contributed by atoms with Crippen molar-refractivity contribution in [2.24, 2.45) is 0 Å². The molecule has 2 rings (SSSR count). The average Bonchev–Trinajstić information content (AvgIpc) is 2.48. The third kappa shape index (κ3) is 3.28. The van der Waals surface area contributed by atoms with E-state index in [9.17, 15) is 0 Å². The van der Waals surface area contributed by atoms with Crippen LogP contribution in [-0.2, 0) is 6.54 Å². The second-order valence-electron chi connectivity index (χ2n) is 3.98. The molecule has 0 radical (unpaired) electrons. The normalized spacial score (nSPS) is 11.9. The minimum Gasteiger partial charge on any atom is -0.497 e. The van der Waals surface area contributed by atoms with Gasteiger partial charge in [0.15, 0.2) is 0 Å². The van der Waals surface area contributed by atoms with Crippen molar-refractivity contribution in [1.82, 2.24) is 4.98 Å². The number of benzene rings is 1. The zero-order valence-electron chi connectivity index (χ0n) is 12.4. The van der Waals surface area contributed by atoms with Gasteiger partial charge in [-0.05, 0) is 23.8 Å². The van der Waals surface area contributed by atoms with E-state index in [4.69, 9.17) is 31.3 Å². The van der Waals surface area contributed by atoms with Crippen LogP contribution in [0.15, 0.2) is 36.5 Å². The number of methoxy groups -OCH3 is 1. The zero-order chi connectivity index (χ0) is 15.4. The van der Waals surface area contributed by atoms with Crippen LogP contribution in [0.1, 0.15) is 8.30 Å². The summed E-state index contributed by atoms with van der Waals surface area (Å²) < 4.78 is 21.0. The third-order valence-electron chi connectivity index (χ3n) is 2.68. The van der Waals surface area contributed by atoms with Gasteiger partial charge < -0.3 is 14.6 Å². The number of nitrogens with one attached hydrogen (secondary N) is 1. The van der Waals surface area contributed by atoms with Crippen molar-refractivity contribution in [3.8, 4) is 5.75 Å². The van der Waals surface area contributed by atoms with Crippen LogP contribution >= 0.6 is 23.8 Å². The summed E-state index contributed by atoms with van der Waals surface area (Å²) in [6.45, 7) is -0.839. The van der Waals surface area contributed by atoms with Gasteiger partial charge in [0.2, 0.25) is 0 Å². The van der Waals surface area contributed by atoms with E-state index in [1.807, 2.05) is 24.3 Å². The highest BCUT2D eigenvalue weighted by molar-refractivity contribution is 7.71. The first-order valence-electron chi connectivity index (χ1n) is 6.79. The van der Waals surface area contributed by atoms with Crippen LogP contribution in [0, 0.1) is 4.51 Å². The fourth-order valence-corrected chi connectivity index (χ4v) is 2.06. The first-order chi connectivity index (χ1) is 10.0. The van der Waals surface area contributed by atoms with E-state index in [0.717, 1.165) is 11.3 Å². The largest absolute Gasteiger partial charge is 0.497 e. The Labute approximate surface area is 125 Å². The molecule has 1 aromatic carbocycles. The van der Waals surface area contributed by atoms with Crippen LogP contribution in [0.2, 0.25) is 5.02 Å². The number of anilines is 1. The Morgan fingerprint density at radius 1 is 1.37 bits per heavy atom. The molecule has 2 aromatic rings. The number of aromatic nitrogens is 1. The van der Waals surface area contributed by atoms with Gasteiger partial charge in [-0.3, -0.25) is 0 Å². The van der Waals surface area contributed by atoms with E-state index in [1.54, 1.807) is 19.4 Å². The lowest BCUT2D eigenvalue weighted by Crippen LogP contribution is -2.18. The maximum atomic E-state index is 7.72. The van der Waals surface area contributed by atoms with Crippen molar-refractivity contribution in [3.05, 3.63) is 51.6 Å². The van der Waals surface area contributed by atoms with E-state index >= 15 is 0 Å². The fraction of sp³-hybridized carbons (Fsp3) is 0.214. The summed E-state index contributed by atoms with van der Waals surface area (Å²) in [5, 5.41) is 0.352. The van der Waals surface area contributed by atoms with Crippen LogP contribution < -0.4 is 9.64 Å². The molecule has 0 amide bonds. The zero-order valence-corrected chi connectivity index (χ0v) is 12.0. The van der Waals surface area contributed by atoms with Crippen molar-refractivity contribution in [2.45, 2.75) is 6.54 Å². The van der Waals surface area contributed by atoms with E-state index in [0.29, 0.717) is 21.9 Å². The number of aromatic amines is 1. The molecule has 1 heterocycles. The number of pyridine rings is 1. The Kier molecular flexibility index (Phi) is 3.62. The first-order valence-corrected chi connectivity index (χ1v) is 6.43. The van der Waals surface area contributed by atoms with Gasteiger partial charge in [-0.15, -0.1) is 0 Å². The van der Waals surface area contributed by atoms with Gasteiger partial charge in [0.1, 0.15) is 11.6 Å². The number of hydrogen-bond donors (Lipinski definition) is 1. The van der Waals surface area contributed by atoms with Gasteiger partial charge in [-0.25, -0.2) is 0 Å². The minimum absolute atomic E-state index is 0.352.